The van der Waals surface area contributed by atoms with Crippen molar-refractivity contribution in [3.63, 3.8) is 0 Å². The Balaban J connectivity index is 2.08. The van der Waals surface area contributed by atoms with Gasteiger partial charge in [-0.1, -0.05) is 28.1 Å². The highest BCUT2D eigenvalue weighted by Crippen LogP contribution is 2.32. The minimum atomic E-state index is -0.358. The number of carbonyl (C=O) groups is 1. The summed E-state index contributed by atoms with van der Waals surface area (Å²) in [6, 6.07) is 11.3. The van der Waals surface area contributed by atoms with Gasteiger partial charge in [0, 0.05) is 4.47 Å². The van der Waals surface area contributed by atoms with Gasteiger partial charge in [0.15, 0.2) is 0 Å². The topological polar surface area (TPSA) is 56.2 Å². The Hall–Kier alpha value is -1.20. The summed E-state index contributed by atoms with van der Waals surface area (Å²) in [5.74, 6) is 1.12. The molecular formula is C13H12BrNO2S. The molecule has 0 aliphatic carbocycles. The molecule has 5 heteroatoms. The van der Waals surface area contributed by atoms with Crippen molar-refractivity contribution >= 4 is 33.6 Å². The van der Waals surface area contributed by atoms with Crippen molar-refractivity contribution in [3.8, 4) is 0 Å². The maximum absolute atomic E-state index is 11.5. The lowest BCUT2D eigenvalue weighted by atomic mass is 10.1. The van der Waals surface area contributed by atoms with E-state index in [-0.39, 0.29) is 11.2 Å². The van der Waals surface area contributed by atoms with Gasteiger partial charge in [-0.3, -0.25) is 4.79 Å². The fourth-order valence-electron chi connectivity index (χ4n) is 1.54. The van der Waals surface area contributed by atoms with Crippen molar-refractivity contribution in [1.82, 2.24) is 0 Å². The maximum Gasteiger partial charge on any atom is 0.235 e. The van der Waals surface area contributed by atoms with Gasteiger partial charge in [-0.15, -0.1) is 11.8 Å². The number of carbonyl (C=O) groups excluding carboxylic acids is 1. The van der Waals surface area contributed by atoms with Crippen LogP contribution in [-0.2, 0) is 10.5 Å². The van der Waals surface area contributed by atoms with Crippen LogP contribution in [0.15, 0.2) is 51.6 Å². The van der Waals surface area contributed by atoms with E-state index >= 15 is 0 Å². The SMILES string of the molecule is NC(=O)[C@@H](SCc1ccco1)c1ccc(Br)cc1. The first-order valence-electron chi connectivity index (χ1n) is 5.35. The Morgan fingerprint density at radius 1 is 1.33 bits per heavy atom. The van der Waals surface area contributed by atoms with Gasteiger partial charge in [-0.2, -0.15) is 0 Å². The maximum atomic E-state index is 11.5. The Bertz CT molecular complexity index is 510. The molecule has 1 aromatic heterocycles. The molecule has 0 saturated carbocycles. The van der Waals surface area contributed by atoms with Crippen LogP contribution in [0.3, 0.4) is 0 Å². The minimum absolute atomic E-state index is 0.339. The molecule has 1 amide bonds. The predicted molar refractivity (Wildman–Crippen MR) is 76.1 cm³/mol. The van der Waals surface area contributed by atoms with Gasteiger partial charge in [-0.25, -0.2) is 0 Å². The van der Waals surface area contributed by atoms with Crippen LogP contribution in [0.1, 0.15) is 16.6 Å². The Morgan fingerprint density at radius 3 is 2.61 bits per heavy atom. The molecule has 0 radical (unpaired) electrons. The van der Waals surface area contributed by atoms with Crippen LogP contribution in [0.4, 0.5) is 0 Å². The van der Waals surface area contributed by atoms with E-state index in [1.54, 1.807) is 6.26 Å². The monoisotopic (exact) mass is 325 g/mol. The van der Waals surface area contributed by atoms with E-state index in [1.165, 1.54) is 11.8 Å². The molecule has 0 spiro atoms. The zero-order chi connectivity index (χ0) is 13.0. The van der Waals surface area contributed by atoms with Gasteiger partial charge in [0.05, 0.1) is 12.0 Å². The van der Waals surface area contributed by atoms with Crippen LogP contribution in [-0.4, -0.2) is 5.91 Å². The molecule has 0 bridgehead atoms. The molecular weight excluding hydrogens is 314 g/mol. The summed E-state index contributed by atoms with van der Waals surface area (Å²) in [5, 5.41) is -0.358. The number of benzene rings is 1. The number of hydrogen-bond acceptors (Lipinski definition) is 3. The van der Waals surface area contributed by atoms with Gasteiger partial charge in [0.2, 0.25) is 5.91 Å². The summed E-state index contributed by atoms with van der Waals surface area (Å²) in [6.07, 6.45) is 1.62. The number of primary amides is 1. The Morgan fingerprint density at radius 2 is 2.06 bits per heavy atom. The molecule has 1 aromatic carbocycles. The quantitative estimate of drug-likeness (QED) is 0.915. The van der Waals surface area contributed by atoms with E-state index in [4.69, 9.17) is 10.2 Å². The third-order valence-corrected chi connectivity index (χ3v) is 4.22. The van der Waals surface area contributed by atoms with Crippen molar-refractivity contribution in [2.45, 2.75) is 11.0 Å². The predicted octanol–water partition coefficient (Wildman–Crippen LogP) is 3.50. The normalized spacial score (nSPS) is 12.3. The highest BCUT2D eigenvalue weighted by molar-refractivity contribution is 9.10. The van der Waals surface area contributed by atoms with E-state index in [0.717, 1.165) is 15.8 Å². The second-order valence-electron chi connectivity index (χ2n) is 3.72. The summed E-state index contributed by atoms with van der Waals surface area (Å²) < 4.78 is 6.22. The van der Waals surface area contributed by atoms with Crippen LogP contribution in [0.2, 0.25) is 0 Å². The van der Waals surface area contributed by atoms with Crippen LogP contribution < -0.4 is 5.73 Å². The molecule has 2 rings (SSSR count). The largest absolute Gasteiger partial charge is 0.468 e. The number of amides is 1. The minimum Gasteiger partial charge on any atom is -0.468 e. The highest BCUT2D eigenvalue weighted by atomic mass is 79.9. The molecule has 94 valence electrons. The number of halogens is 1. The number of nitrogens with two attached hydrogens (primary N) is 1. The lowest BCUT2D eigenvalue weighted by molar-refractivity contribution is -0.117. The zero-order valence-electron chi connectivity index (χ0n) is 9.51. The number of thioether (sulfide) groups is 1. The second-order valence-corrected chi connectivity index (χ2v) is 5.73. The Labute approximate surface area is 118 Å². The molecule has 0 aliphatic heterocycles. The van der Waals surface area contributed by atoms with E-state index in [0.29, 0.717) is 5.75 Å². The molecule has 1 atom stereocenters. The fraction of sp³-hybridized carbons (Fsp3) is 0.154. The zero-order valence-corrected chi connectivity index (χ0v) is 11.9. The van der Waals surface area contributed by atoms with Crippen LogP contribution in [0.5, 0.6) is 0 Å². The number of furan rings is 1. The van der Waals surface area contributed by atoms with E-state index < -0.39 is 0 Å². The second kappa shape index (κ2) is 6.11. The van der Waals surface area contributed by atoms with Crippen molar-refractivity contribution in [3.05, 3.63) is 58.5 Å². The van der Waals surface area contributed by atoms with Gasteiger partial charge in [-0.05, 0) is 29.8 Å². The molecule has 2 aromatic rings. The smallest absolute Gasteiger partial charge is 0.235 e. The highest BCUT2D eigenvalue weighted by Gasteiger charge is 2.18. The lowest BCUT2D eigenvalue weighted by Crippen LogP contribution is -2.19. The van der Waals surface area contributed by atoms with Crippen molar-refractivity contribution in [2.24, 2.45) is 5.73 Å². The van der Waals surface area contributed by atoms with Gasteiger partial charge in [0.1, 0.15) is 11.0 Å². The first-order valence-corrected chi connectivity index (χ1v) is 7.20. The standard InChI is InChI=1S/C13H12BrNO2S/c14-10-5-3-9(4-6-10)12(13(15)16)18-8-11-2-1-7-17-11/h1-7,12H,8H2,(H2,15,16)/t12-/m0/s1. The summed E-state index contributed by atoms with van der Waals surface area (Å²) in [7, 11) is 0. The fourth-order valence-corrected chi connectivity index (χ4v) is 2.81. The molecule has 0 fully saturated rings. The van der Waals surface area contributed by atoms with Crippen LogP contribution in [0, 0.1) is 0 Å². The summed E-state index contributed by atoms with van der Waals surface area (Å²) in [6.45, 7) is 0. The summed E-state index contributed by atoms with van der Waals surface area (Å²) in [4.78, 5) is 11.5. The van der Waals surface area contributed by atoms with Gasteiger partial charge < -0.3 is 10.2 Å². The Kier molecular flexibility index (Phi) is 4.49. The summed E-state index contributed by atoms with van der Waals surface area (Å²) >= 11 is 4.83. The van der Waals surface area contributed by atoms with E-state index in [1.807, 2.05) is 36.4 Å². The molecule has 0 aliphatic rings. The number of hydrogen-bond donors (Lipinski definition) is 1. The van der Waals surface area contributed by atoms with Crippen molar-refractivity contribution in [1.29, 1.82) is 0 Å². The third-order valence-electron chi connectivity index (χ3n) is 2.40. The molecule has 3 nitrogen and oxygen atoms in total. The van der Waals surface area contributed by atoms with Crippen LogP contribution in [0.25, 0.3) is 0 Å². The lowest BCUT2D eigenvalue weighted by Gasteiger charge is -2.12. The average Bonchev–Trinajstić information content (AvgIpc) is 2.84. The summed E-state index contributed by atoms with van der Waals surface area (Å²) in [5.41, 5.74) is 6.35. The van der Waals surface area contributed by atoms with Crippen molar-refractivity contribution in [2.75, 3.05) is 0 Å². The average molecular weight is 326 g/mol. The van der Waals surface area contributed by atoms with E-state index in [2.05, 4.69) is 15.9 Å². The van der Waals surface area contributed by atoms with E-state index in [9.17, 15) is 4.79 Å². The van der Waals surface area contributed by atoms with Crippen molar-refractivity contribution < 1.29 is 9.21 Å². The van der Waals surface area contributed by atoms with Gasteiger partial charge >= 0.3 is 0 Å². The first kappa shape index (κ1) is 13.2. The first-order chi connectivity index (χ1) is 8.66. The molecule has 0 saturated heterocycles. The molecule has 0 unspecified atom stereocenters. The van der Waals surface area contributed by atoms with Crippen LogP contribution >= 0.6 is 27.7 Å². The molecule has 2 N–H and O–H groups in total. The molecule has 18 heavy (non-hydrogen) atoms. The molecule has 1 heterocycles. The number of rotatable bonds is 5. The third kappa shape index (κ3) is 3.40. The van der Waals surface area contributed by atoms with Gasteiger partial charge in [0.25, 0.3) is 0 Å².